The van der Waals surface area contributed by atoms with E-state index in [1.54, 1.807) is 23.5 Å². The average Bonchev–Trinajstić information content (AvgIpc) is 4.23. The quantitative estimate of drug-likeness (QED) is 0.0682. The first-order valence-electron chi connectivity index (χ1n) is 21.5. The molecule has 0 saturated heterocycles. The molecule has 3 N–H and O–H groups in total. The van der Waals surface area contributed by atoms with Gasteiger partial charge in [-0.1, -0.05) is 145 Å². The van der Waals surface area contributed by atoms with Crippen molar-refractivity contribution in [3.8, 4) is 45.0 Å². The molecule has 20 heteroatoms. The van der Waals surface area contributed by atoms with Gasteiger partial charge in [0.25, 0.3) is 0 Å². The van der Waals surface area contributed by atoms with Gasteiger partial charge >= 0.3 is 23.5 Å². The summed E-state index contributed by atoms with van der Waals surface area (Å²) in [6, 6.07) is 31.6. The van der Waals surface area contributed by atoms with Crippen LogP contribution in [0.2, 0.25) is 0 Å². The molecule has 6 heterocycles. The maximum absolute atomic E-state index is 12.5. The molecule has 0 fully saturated rings. The van der Waals surface area contributed by atoms with Crippen LogP contribution in [-0.2, 0) is 17.8 Å². The highest BCUT2D eigenvalue weighted by Gasteiger charge is 2.25. The number of aromatic carboxylic acids is 1. The number of H-pyrrole nitrogens is 2. The molecule has 0 unspecified atom stereocenters. The van der Waals surface area contributed by atoms with E-state index in [0.717, 1.165) is 92.6 Å². The normalized spacial score (nSPS) is 11.3. The number of thioether (sulfide) groups is 2. The first-order valence-corrected chi connectivity index (χ1v) is 25.1. The topological polar surface area (TPSA) is 217 Å². The lowest BCUT2D eigenvalue weighted by molar-refractivity contribution is 0.0606. The average molecular weight is 999 g/mol. The van der Waals surface area contributed by atoms with E-state index in [1.165, 1.54) is 29.8 Å². The Kier molecular flexibility index (Phi) is 13.7. The molecule has 10 aromatic rings. The van der Waals surface area contributed by atoms with Crippen LogP contribution in [0.1, 0.15) is 54.1 Å². The van der Waals surface area contributed by atoms with E-state index < -0.39 is 17.5 Å². The Balaban J connectivity index is 0.000000172. The van der Waals surface area contributed by atoms with Crippen LogP contribution in [0.25, 0.3) is 67.1 Å². The maximum Gasteiger partial charge on any atom is 0.439 e. The number of aromatic nitrogens is 8. The molecule has 0 atom stereocenters. The Labute approximate surface area is 409 Å². The van der Waals surface area contributed by atoms with Crippen LogP contribution in [0.4, 0.5) is 0 Å². The van der Waals surface area contributed by atoms with Crippen molar-refractivity contribution < 1.29 is 28.5 Å². The first-order chi connectivity index (χ1) is 33.5. The molecule has 16 nitrogen and oxygen atoms in total. The van der Waals surface area contributed by atoms with Gasteiger partial charge in [-0.3, -0.25) is 19.0 Å². The SMILES string of the molecule is CCSc1nc2c(C)sc(C(=O)O)c2n1Cc1ccc(-c2ccccc2-c2noc(=O)[nH]2)cc1.CCSc1nc2c(C)sc(C(=O)OC)c2n1Cc1ccc(-c2ccccc2-c2noc(=O)[nH]2)cc1. The smallest absolute Gasteiger partial charge is 0.439 e. The monoisotopic (exact) mass is 998 g/mol. The molecule has 0 aliphatic carbocycles. The largest absolute Gasteiger partial charge is 0.477 e. The van der Waals surface area contributed by atoms with Crippen LogP contribution in [0.5, 0.6) is 0 Å². The zero-order valence-corrected chi connectivity index (χ0v) is 41.0. The molecule has 0 amide bonds. The van der Waals surface area contributed by atoms with Crippen molar-refractivity contribution in [1.82, 2.24) is 39.4 Å². The zero-order chi connectivity index (χ0) is 48.3. The number of fused-ring (bicyclic) bond motifs is 2. The summed E-state index contributed by atoms with van der Waals surface area (Å²) in [4.78, 5) is 64.8. The molecular formula is C49H42N8O8S4. The number of carboxylic acid groups (broad SMARTS) is 1. The Morgan fingerprint density at radius 1 is 0.638 bits per heavy atom. The molecule has 4 aromatic carbocycles. The van der Waals surface area contributed by atoms with E-state index in [1.807, 2.05) is 103 Å². The fourth-order valence-corrected chi connectivity index (χ4v) is 11.4. The molecule has 6 aromatic heterocycles. The lowest BCUT2D eigenvalue weighted by Crippen LogP contribution is -2.06. The summed E-state index contributed by atoms with van der Waals surface area (Å²) in [6.45, 7) is 9.10. The van der Waals surface area contributed by atoms with Crippen molar-refractivity contribution in [3.05, 3.63) is 149 Å². The molecule has 0 radical (unpaired) electrons. The highest BCUT2D eigenvalue weighted by molar-refractivity contribution is 7.99. The van der Waals surface area contributed by atoms with E-state index >= 15 is 0 Å². The minimum atomic E-state index is -0.935. The van der Waals surface area contributed by atoms with Crippen molar-refractivity contribution in [2.24, 2.45) is 0 Å². The zero-order valence-electron chi connectivity index (χ0n) is 37.7. The van der Waals surface area contributed by atoms with Crippen LogP contribution in [-0.4, -0.2) is 75.0 Å². The lowest BCUT2D eigenvalue weighted by Gasteiger charge is -2.11. The first kappa shape index (κ1) is 46.8. The van der Waals surface area contributed by atoms with Gasteiger partial charge in [0.15, 0.2) is 22.0 Å². The second kappa shape index (κ2) is 20.1. The maximum atomic E-state index is 12.5. The van der Waals surface area contributed by atoms with Gasteiger partial charge in [-0.25, -0.2) is 29.1 Å². The second-order valence-corrected chi connectivity index (χ2v) is 20.3. The van der Waals surface area contributed by atoms with Gasteiger partial charge in [0.2, 0.25) is 0 Å². The van der Waals surface area contributed by atoms with Crippen molar-refractivity contribution in [2.75, 3.05) is 18.6 Å². The lowest BCUT2D eigenvalue weighted by atomic mass is 9.98. The molecular weight excluding hydrogens is 957 g/mol. The van der Waals surface area contributed by atoms with Crippen LogP contribution in [0.3, 0.4) is 0 Å². The number of carboxylic acids is 1. The summed E-state index contributed by atoms with van der Waals surface area (Å²) in [5.74, 6) is 0.000242. The summed E-state index contributed by atoms with van der Waals surface area (Å²) >= 11 is 5.93. The van der Waals surface area contributed by atoms with Crippen molar-refractivity contribution in [3.63, 3.8) is 0 Å². The molecule has 10 rings (SSSR count). The number of thiophene rings is 2. The van der Waals surface area contributed by atoms with Gasteiger partial charge in [-0.15, -0.1) is 22.7 Å². The Morgan fingerprint density at radius 2 is 1.04 bits per heavy atom. The van der Waals surface area contributed by atoms with E-state index in [-0.39, 0.29) is 5.97 Å². The summed E-state index contributed by atoms with van der Waals surface area (Å²) in [6.07, 6.45) is 0. The molecule has 350 valence electrons. The highest BCUT2D eigenvalue weighted by atomic mass is 32.2. The Bertz CT molecular complexity index is 3610. The van der Waals surface area contributed by atoms with Gasteiger partial charge < -0.3 is 19.0 Å². The molecule has 0 saturated carbocycles. The summed E-state index contributed by atoms with van der Waals surface area (Å²) in [5.41, 5.74) is 10.5. The predicted molar refractivity (Wildman–Crippen MR) is 270 cm³/mol. The number of methoxy groups -OCH3 is 1. The number of esters is 1. The van der Waals surface area contributed by atoms with Gasteiger partial charge in [-0.05, 0) is 58.7 Å². The minimum absolute atomic E-state index is 0.315. The van der Waals surface area contributed by atoms with E-state index in [0.29, 0.717) is 40.0 Å². The number of benzene rings is 4. The number of rotatable bonds is 14. The summed E-state index contributed by atoms with van der Waals surface area (Å²) in [7, 11) is 1.40. The van der Waals surface area contributed by atoms with Crippen molar-refractivity contribution >= 4 is 80.2 Å². The second-order valence-electron chi connectivity index (χ2n) is 15.4. The van der Waals surface area contributed by atoms with Crippen LogP contribution in [0, 0.1) is 13.8 Å². The summed E-state index contributed by atoms with van der Waals surface area (Å²) in [5, 5.41) is 19.1. The van der Waals surface area contributed by atoms with Gasteiger partial charge in [-0.2, -0.15) is 0 Å². The molecule has 0 bridgehead atoms. The number of hydrogen-bond acceptors (Lipinski definition) is 15. The van der Waals surface area contributed by atoms with Crippen molar-refractivity contribution in [1.29, 1.82) is 0 Å². The number of aryl methyl sites for hydroxylation is 2. The number of ether oxygens (including phenoxy) is 1. The fraction of sp³-hybridized carbons (Fsp3) is 0.184. The van der Waals surface area contributed by atoms with Crippen LogP contribution < -0.4 is 11.5 Å². The number of nitrogens with one attached hydrogen (secondary N) is 2. The fourth-order valence-electron chi connectivity index (χ4n) is 7.98. The number of hydrogen-bond donors (Lipinski definition) is 3. The van der Waals surface area contributed by atoms with E-state index in [9.17, 15) is 24.3 Å². The van der Waals surface area contributed by atoms with Gasteiger partial charge in [0.1, 0.15) is 20.8 Å². The van der Waals surface area contributed by atoms with Crippen LogP contribution >= 0.6 is 46.2 Å². The third kappa shape index (κ3) is 9.47. The third-order valence-electron chi connectivity index (χ3n) is 11.0. The number of aromatic amines is 2. The number of imidazole rings is 2. The third-order valence-corrected chi connectivity index (χ3v) is 14.9. The minimum Gasteiger partial charge on any atom is -0.477 e. The van der Waals surface area contributed by atoms with E-state index in [4.69, 9.17) is 14.7 Å². The van der Waals surface area contributed by atoms with E-state index in [2.05, 4.69) is 59.9 Å². The Morgan fingerprint density at radius 3 is 1.42 bits per heavy atom. The molecule has 0 spiro atoms. The predicted octanol–water partition coefficient (Wildman–Crippen LogP) is 10.6. The standard InChI is InChI=1S/C25H22N4O4S2.C24H20N4O4S2/c1-4-34-24-26-19-14(2)35-21(23(30)32-3)20(19)29(24)13-15-9-11-16(12-10-15)17-7-5-6-8-18(17)22-27-25(31)33-28-22;1-3-33-23-25-18-13(2)34-20(22(29)30)19(18)28(23)12-14-8-10-15(11-9-14)16-6-4-5-7-17(16)21-26-24(31)32-27-21/h5-12H,4,13H2,1-3H3,(H,27,28,31);4-11H,3,12H2,1-2H3,(H,29,30)(H,26,27,31). The number of carbonyl (C=O) groups is 2. The molecule has 0 aliphatic heterocycles. The van der Waals surface area contributed by atoms with Crippen molar-refractivity contribution in [2.45, 2.75) is 51.1 Å². The summed E-state index contributed by atoms with van der Waals surface area (Å²) < 4.78 is 18.5. The van der Waals surface area contributed by atoms with Gasteiger partial charge in [0, 0.05) is 20.9 Å². The Hall–Kier alpha value is -7.26. The molecule has 0 aliphatic rings. The number of nitrogens with zero attached hydrogens (tertiary/aromatic N) is 6. The molecule has 69 heavy (non-hydrogen) atoms. The van der Waals surface area contributed by atoms with Gasteiger partial charge in [0.05, 0.1) is 31.2 Å². The highest BCUT2D eigenvalue weighted by Crippen LogP contribution is 2.38. The number of carbonyl (C=O) groups excluding carboxylic acids is 1. The van der Waals surface area contributed by atoms with Crippen LogP contribution in [0.15, 0.2) is 126 Å².